The molecular weight excluding hydrogens is 192 g/mol. The topological polar surface area (TPSA) is 80.0 Å². The molecule has 0 radical (unpaired) electrons. The van der Waals surface area contributed by atoms with Gasteiger partial charge in [0.1, 0.15) is 5.82 Å². The molecule has 0 saturated heterocycles. The van der Waals surface area contributed by atoms with Crippen LogP contribution in [0.3, 0.4) is 0 Å². The van der Waals surface area contributed by atoms with Crippen molar-refractivity contribution in [3.8, 4) is 0 Å². The summed E-state index contributed by atoms with van der Waals surface area (Å²) in [6.07, 6.45) is 5.43. The Morgan fingerprint density at radius 2 is 2.40 bits per heavy atom. The Kier molecular flexibility index (Phi) is 4.30. The normalized spacial score (nSPS) is 10.3. The van der Waals surface area contributed by atoms with E-state index in [1.807, 2.05) is 18.2 Å². The Balaban J connectivity index is 2.46. The lowest BCUT2D eigenvalue weighted by molar-refractivity contribution is -0.118. The average Bonchev–Trinajstić information content (AvgIpc) is 2.25. The molecular formula is C10H14N4O. The summed E-state index contributed by atoms with van der Waals surface area (Å²) in [7, 11) is 0. The molecule has 1 aromatic heterocycles. The fourth-order valence-corrected chi connectivity index (χ4v) is 0.987. The summed E-state index contributed by atoms with van der Waals surface area (Å²) < 4.78 is 0. The highest BCUT2D eigenvalue weighted by molar-refractivity contribution is 5.73. The van der Waals surface area contributed by atoms with Gasteiger partial charge in [0.05, 0.1) is 0 Å². The number of amides is 1. The van der Waals surface area contributed by atoms with Crippen LogP contribution >= 0.6 is 0 Å². The highest BCUT2D eigenvalue weighted by Gasteiger charge is 1.90. The molecule has 5 nitrogen and oxygen atoms in total. The third-order valence-electron chi connectivity index (χ3n) is 1.71. The first-order valence-corrected chi connectivity index (χ1v) is 4.56. The van der Waals surface area contributed by atoms with E-state index in [0.29, 0.717) is 12.4 Å². The van der Waals surface area contributed by atoms with Crippen LogP contribution < -0.4 is 16.6 Å². The minimum atomic E-state index is -0.0412. The van der Waals surface area contributed by atoms with E-state index in [4.69, 9.17) is 5.84 Å². The van der Waals surface area contributed by atoms with Crippen LogP contribution in [0.4, 0.5) is 5.82 Å². The minimum Gasteiger partial charge on any atom is -0.353 e. The lowest BCUT2D eigenvalue weighted by Gasteiger charge is -1.98. The van der Waals surface area contributed by atoms with Gasteiger partial charge in [0.15, 0.2) is 0 Å². The van der Waals surface area contributed by atoms with Gasteiger partial charge in [0.2, 0.25) is 5.91 Å². The van der Waals surface area contributed by atoms with Crippen molar-refractivity contribution < 1.29 is 4.79 Å². The van der Waals surface area contributed by atoms with Crippen LogP contribution in [-0.4, -0.2) is 17.4 Å². The van der Waals surface area contributed by atoms with E-state index in [0.717, 1.165) is 5.56 Å². The quantitative estimate of drug-likeness (QED) is 0.495. The molecule has 0 bridgehead atoms. The molecule has 0 aliphatic carbocycles. The van der Waals surface area contributed by atoms with E-state index in [1.165, 1.54) is 6.92 Å². The van der Waals surface area contributed by atoms with Crippen LogP contribution in [0.1, 0.15) is 12.5 Å². The molecule has 5 heteroatoms. The monoisotopic (exact) mass is 206 g/mol. The summed E-state index contributed by atoms with van der Waals surface area (Å²) in [5, 5.41) is 2.66. The smallest absolute Gasteiger partial charge is 0.217 e. The molecule has 1 heterocycles. The van der Waals surface area contributed by atoms with E-state index >= 15 is 0 Å². The molecule has 15 heavy (non-hydrogen) atoms. The first-order chi connectivity index (χ1) is 7.22. The summed E-state index contributed by atoms with van der Waals surface area (Å²) in [5.41, 5.74) is 3.40. The number of aromatic nitrogens is 1. The van der Waals surface area contributed by atoms with Crippen LogP contribution in [0, 0.1) is 0 Å². The first-order valence-electron chi connectivity index (χ1n) is 4.56. The second-order valence-corrected chi connectivity index (χ2v) is 2.96. The van der Waals surface area contributed by atoms with E-state index in [1.54, 1.807) is 12.3 Å². The molecule has 0 aromatic carbocycles. The van der Waals surface area contributed by atoms with Crippen molar-refractivity contribution >= 4 is 17.8 Å². The van der Waals surface area contributed by atoms with Gasteiger partial charge in [0.25, 0.3) is 0 Å². The Morgan fingerprint density at radius 1 is 1.60 bits per heavy atom. The summed E-state index contributed by atoms with van der Waals surface area (Å²) in [5.74, 6) is 5.76. The molecule has 0 atom stereocenters. The summed E-state index contributed by atoms with van der Waals surface area (Å²) in [6.45, 7) is 2.00. The highest BCUT2D eigenvalue weighted by atomic mass is 16.1. The lowest BCUT2D eigenvalue weighted by atomic mass is 10.2. The Bertz CT molecular complexity index is 345. The standard InChI is InChI=1S/C10H14N4O/c1-8(15)12-6-2-3-9-4-5-10(14-11)13-7-9/h2-5,7H,6,11H2,1H3,(H,12,15)(H,13,14). The molecule has 0 fully saturated rings. The van der Waals surface area contributed by atoms with Crippen LogP contribution in [0.5, 0.6) is 0 Å². The van der Waals surface area contributed by atoms with Gasteiger partial charge in [0, 0.05) is 19.7 Å². The number of anilines is 1. The predicted octanol–water partition coefficient (Wildman–Crippen LogP) is 0.516. The second kappa shape index (κ2) is 5.77. The molecule has 0 aliphatic heterocycles. The van der Waals surface area contributed by atoms with E-state index in [9.17, 15) is 4.79 Å². The van der Waals surface area contributed by atoms with Gasteiger partial charge in [-0.1, -0.05) is 12.2 Å². The fraction of sp³-hybridized carbons (Fsp3) is 0.200. The Hall–Kier alpha value is -1.88. The number of hydrazine groups is 1. The maximum Gasteiger partial charge on any atom is 0.217 e. The van der Waals surface area contributed by atoms with Crippen LogP contribution in [0.2, 0.25) is 0 Å². The van der Waals surface area contributed by atoms with Gasteiger partial charge in [-0.25, -0.2) is 10.8 Å². The molecule has 1 aromatic rings. The van der Waals surface area contributed by atoms with Crippen molar-refractivity contribution in [1.29, 1.82) is 0 Å². The molecule has 0 aliphatic rings. The zero-order valence-corrected chi connectivity index (χ0v) is 8.53. The van der Waals surface area contributed by atoms with Gasteiger partial charge in [-0.2, -0.15) is 0 Å². The van der Waals surface area contributed by atoms with Crippen LogP contribution in [-0.2, 0) is 4.79 Å². The number of rotatable bonds is 4. The van der Waals surface area contributed by atoms with Crippen molar-refractivity contribution in [2.45, 2.75) is 6.92 Å². The molecule has 0 saturated carbocycles. The number of hydrogen-bond acceptors (Lipinski definition) is 4. The number of carbonyl (C=O) groups is 1. The molecule has 0 spiro atoms. The molecule has 0 unspecified atom stereocenters. The van der Waals surface area contributed by atoms with E-state index in [-0.39, 0.29) is 5.91 Å². The number of hydrogen-bond donors (Lipinski definition) is 3. The van der Waals surface area contributed by atoms with E-state index < -0.39 is 0 Å². The van der Waals surface area contributed by atoms with Crippen molar-refractivity contribution in [1.82, 2.24) is 10.3 Å². The number of carbonyl (C=O) groups excluding carboxylic acids is 1. The fourth-order valence-electron chi connectivity index (χ4n) is 0.987. The number of nitrogens with two attached hydrogens (primary N) is 1. The number of pyridine rings is 1. The highest BCUT2D eigenvalue weighted by Crippen LogP contribution is 2.04. The second-order valence-electron chi connectivity index (χ2n) is 2.96. The zero-order chi connectivity index (χ0) is 11.1. The number of nitrogens with one attached hydrogen (secondary N) is 2. The minimum absolute atomic E-state index is 0.0412. The number of nitrogens with zero attached hydrogens (tertiary/aromatic N) is 1. The molecule has 4 N–H and O–H groups in total. The lowest BCUT2D eigenvalue weighted by Crippen LogP contribution is -2.19. The van der Waals surface area contributed by atoms with Gasteiger partial charge < -0.3 is 10.7 Å². The summed E-state index contributed by atoms with van der Waals surface area (Å²) in [6, 6.07) is 3.66. The Morgan fingerprint density at radius 3 is 2.93 bits per heavy atom. The van der Waals surface area contributed by atoms with Gasteiger partial charge >= 0.3 is 0 Å². The zero-order valence-electron chi connectivity index (χ0n) is 8.53. The van der Waals surface area contributed by atoms with Crippen molar-refractivity contribution in [3.05, 3.63) is 30.0 Å². The largest absolute Gasteiger partial charge is 0.353 e. The maximum atomic E-state index is 10.6. The van der Waals surface area contributed by atoms with Crippen molar-refractivity contribution in [2.75, 3.05) is 12.0 Å². The predicted molar refractivity (Wildman–Crippen MR) is 59.8 cm³/mol. The third-order valence-corrected chi connectivity index (χ3v) is 1.71. The van der Waals surface area contributed by atoms with E-state index in [2.05, 4.69) is 15.7 Å². The van der Waals surface area contributed by atoms with Crippen LogP contribution in [0.15, 0.2) is 24.4 Å². The SMILES string of the molecule is CC(=O)NCC=Cc1ccc(NN)nc1. The maximum absolute atomic E-state index is 10.6. The van der Waals surface area contributed by atoms with Crippen molar-refractivity contribution in [2.24, 2.45) is 5.84 Å². The molecule has 1 amide bonds. The average molecular weight is 206 g/mol. The van der Waals surface area contributed by atoms with Crippen molar-refractivity contribution in [3.63, 3.8) is 0 Å². The first kappa shape index (κ1) is 11.2. The van der Waals surface area contributed by atoms with Gasteiger partial charge in [-0.05, 0) is 17.7 Å². The van der Waals surface area contributed by atoms with Crippen LogP contribution in [0.25, 0.3) is 6.08 Å². The molecule has 1 rings (SSSR count). The third kappa shape index (κ3) is 4.24. The van der Waals surface area contributed by atoms with Gasteiger partial charge in [-0.3, -0.25) is 4.79 Å². The number of nitrogen functional groups attached to an aromatic ring is 1. The van der Waals surface area contributed by atoms with Gasteiger partial charge in [-0.15, -0.1) is 0 Å². The summed E-state index contributed by atoms with van der Waals surface area (Å²) >= 11 is 0. The Labute approximate surface area is 88.4 Å². The summed E-state index contributed by atoms with van der Waals surface area (Å²) in [4.78, 5) is 14.6. The molecule has 80 valence electrons.